The van der Waals surface area contributed by atoms with E-state index >= 15 is 0 Å². The van der Waals surface area contributed by atoms with E-state index in [1.165, 1.54) is 0 Å². The first-order valence-electron chi connectivity index (χ1n) is 6.89. The number of amides is 1. The van der Waals surface area contributed by atoms with Crippen molar-refractivity contribution in [3.05, 3.63) is 35.9 Å². The van der Waals surface area contributed by atoms with E-state index in [0.29, 0.717) is 25.3 Å². The van der Waals surface area contributed by atoms with Gasteiger partial charge in [-0.1, -0.05) is 18.2 Å². The molecule has 1 aliphatic heterocycles. The average Bonchev–Trinajstić information content (AvgIpc) is 2.96. The molecule has 104 valence electrons. The van der Waals surface area contributed by atoms with E-state index in [-0.39, 0.29) is 12.0 Å². The SMILES string of the molecule is O=C(NCCCOC[C@H]1CCCO1)c1ccccc1. The molecule has 0 spiro atoms. The smallest absolute Gasteiger partial charge is 0.251 e. The van der Waals surface area contributed by atoms with Crippen LogP contribution in [-0.2, 0) is 9.47 Å². The topological polar surface area (TPSA) is 47.6 Å². The predicted octanol–water partition coefficient (Wildman–Crippen LogP) is 2.00. The fourth-order valence-electron chi connectivity index (χ4n) is 2.06. The molecule has 1 heterocycles. The maximum atomic E-state index is 11.7. The highest BCUT2D eigenvalue weighted by molar-refractivity contribution is 5.94. The number of carbonyl (C=O) groups excluding carboxylic acids is 1. The summed E-state index contributed by atoms with van der Waals surface area (Å²) in [6, 6.07) is 9.24. The molecular weight excluding hydrogens is 242 g/mol. The lowest BCUT2D eigenvalue weighted by molar-refractivity contribution is 0.0166. The van der Waals surface area contributed by atoms with Crippen LogP contribution in [0.4, 0.5) is 0 Å². The Bertz CT molecular complexity index is 374. The summed E-state index contributed by atoms with van der Waals surface area (Å²) in [4.78, 5) is 11.7. The van der Waals surface area contributed by atoms with Crippen molar-refractivity contribution in [3.8, 4) is 0 Å². The van der Waals surface area contributed by atoms with Crippen molar-refractivity contribution in [2.45, 2.75) is 25.4 Å². The van der Waals surface area contributed by atoms with E-state index in [1.807, 2.05) is 30.3 Å². The fourth-order valence-corrected chi connectivity index (χ4v) is 2.06. The van der Waals surface area contributed by atoms with E-state index in [2.05, 4.69) is 5.32 Å². The molecule has 0 unspecified atom stereocenters. The van der Waals surface area contributed by atoms with Crippen LogP contribution in [0.3, 0.4) is 0 Å². The van der Waals surface area contributed by atoms with Crippen LogP contribution in [0.25, 0.3) is 0 Å². The Morgan fingerprint density at radius 2 is 2.21 bits per heavy atom. The zero-order chi connectivity index (χ0) is 13.3. The van der Waals surface area contributed by atoms with Crippen molar-refractivity contribution in [1.82, 2.24) is 5.32 Å². The van der Waals surface area contributed by atoms with Crippen LogP contribution in [0, 0.1) is 0 Å². The zero-order valence-electron chi connectivity index (χ0n) is 11.1. The molecule has 1 aromatic carbocycles. The molecule has 1 amide bonds. The summed E-state index contributed by atoms with van der Waals surface area (Å²) in [5.74, 6) is -0.0280. The van der Waals surface area contributed by atoms with Crippen molar-refractivity contribution in [2.75, 3.05) is 26.4 Å². The lowest BCUT2D eigenvalue weighted by atomic mass is 10.2. The maximum Gasteiger partial charge on any atom is 0.251 e. The van der Waals surface area contributed by atoms with Gasteiger partial charge in [0.1, 0.15) is 0 Å². The highest BCUT2D eigenvalue weighted by Crippen LogP contribution is 2.11. The Morgan fingerprint density at radius 1 is 1.37 bits per heavy atom. The first-order chi connectivity index (χ1) is 9.36. The molecule has 19 heavy (non-hydrogen) atoms. The molecule has 0 radical (unpaired) electrons. The van der Waals surface area contributed by atoms with E-state index in [4.69, 9.17) is 9.47 Å². The van der Waals surface area contributed by atoms with Crippen molar-refractivity contribution >= 4 is 5.91 Å². The number of ether oxygens (including phenoxy) is 2. The second-order valence-corrected chi connectivity index (χ2v) is 4.69. The third-order valence-electron chi connectivity index (χ3n) is 3.11. The standard InChI is InChI=1S/C15H21NO3/c17-15(13-6-2-1-3-7-13)16-9-5-10-18-12-14-8-4-11-19-14/h1-3,6-7,14H,4-5,8-12H2,(H,16,17)/t14-/m1/s1. The number of rotatable bonds is 7. The van der Waals surface area contributed by atoms with Gasteiger partial charge in [-0.25, -0.2) is 0 Å². The second kappa shape index (κ2) is 7.92. The molecule has 1 atom stereocenters. The van der Waals surface area contributed by atoms with Gasteiger partial charge in [0.2, 0.25) is 0 Å². The summed E-state index contributed by atoms with van der Waals surface area (Å²) < 4.78 is 11.0. The van der Waals surface area contributed by atoms with Crippen LogP contribution in [0.2, 0.25) is 0 Å². The van der Waals surface area contributed by atoms with Gasteiger partial charge in [0.15, 0.2) is 0 Å². The fraction of sp³-hybridized carbons (Fsp3) is 0.533. The van der Waals surface area contributed by atoms with Crippen LogP contribution >= 0.6 is 0 Å². The molecule has 2 rings (SSSR count). The highest BCUT2D eigenvalue weighted by atomic mass is 16.5. The van der Waals surface area contributed by atoms with E-state index in [9.17, 15) is 4.79 Å². The summed E-state index contributed by atoms with van der Waals surface area (Å²) in [5.41, 5.74) is 0.697. The molecule has 0 saturated carbocycles. The van der Waals surface area contributed by atoms with Crippen LogP contribution in [0.5, 0.6) is 0 Å². The second-order valence-electron chi connectivity index (χ2n) is 4.69. The monoisotopic (exact) mass is 263 g/mol. The molecule has 4 nitrogen and oxygen atoms in total. The van der Waals surface area contributed by atoms with E-state index in [0.717, 1.165) is 25.9 Å². The average molecular weight is 263 g/mol. The molecule has 0 aromatic heterocycles. The Hall–Kier alpha value is -1.39. The zero-order valence-corrected chi connectivity index (χ0v) is 11.1. The summed E-state index contributed by atoms with van der Waals surface area (Å²) in [7, 11) is 0. The van der Waals surface area contributed by atoms with Crippen molar-refractivity contribution < 1.29 is 14.3 Å². The highest BCUT2D eigenvalue weighted by Gasteiger charge is 2.14. The molecule has 4 heteroatoms. The Morgan fingerprint density at radius 3 is 2.95 bits per heavy atom. The van der Waals surface area contributed by atoms with Crippen molar-refractivity contribution in [2.24, 2.45) is 0 Å². The molecule has 1 aromatic rings. The molecule has 0 aliphatic carbocycles. The van der Waals surface area contributed by atoms with Crippen LogP contribution < -0.4 is 5.32 Å². The largest absolute Gasteiger partial charge is 0.379 e. The lowest BCUT2D eigenvalue weighted by Crippen LogP contribution is -2.25. The summed E-state index contributed by atoms with van der Waals surface area (Å²) in [5, 5.41) is 2.88. The van der Waals surface area contributed by atoms with Gasteiger partial charge in [-0.3, -0.25) is 4.79 Å². The van der Waals surface area contributed by atoms with Gasteiger partial charge in [-0.2, -0.15) is 0 Å². The number of nitrogens with one attached hydrogen (secondary N) is 1. The third-order valence-corrected chi connectivity index (χ3v) is 3.11. The Labute approximate surface area is 114 Å². The van der Waals surface area contributed by atoms with Crippen LogP contribution in [0.1, 0.15) is 29.6 Å². The van der Waals surface area contributed by atoms with Crippen molar-refractivity contribution in [1.29, 1.82) is 0 Å². The van der Waals surface area contributed by atoms with Gasteiger partial charge in [0, 0.05) is 25.3 Å². The summed E-state index contributed by atoms with van der Waals surface area (Å²) in [6.45, 7) is 2.84. The minimum atomic E-state index is -0.0280. The quantitative estimate of drug-likeness (QED) is 0.765. The molecule has 1 fully saturated rings. The molecular formula is C15H21NO3. The number of benzene rings is 1. The number of hydrogen-bond donors (Lipinski definition) is 1. The van der Waals surface area contributed by atoms with Gasteiger partial charge in [-0.05, 0) is 31.4 Å². The summed E-state index contributed by atoms with van der Waals surface area (Å²) >= 11 is 0. The molecule has 1 N–H and O–H groups in total. The number of carbonyl (C=O) groups is 1. The lowest BCUT2D eigenvalue weighted by Gasteiger charge is -2.10. The number of hydrogen-bond acceptors (Lipinski definition) is 3. The Kier molecular flexibility index (Phi) is 5.85. The van der Waals surface area contributed by atoms with Gasteiger partial charge < -0.3 is 14.8 Å². The molecule has 1 saturated heterocycles. The van der Waals surface area contributed by atoms with E-state index < -0.39 is 0 Å². The van der Waals surface area contributed by atoms with Gasteiger partial charge in [0.25, 0.3) is 5.91 Å². The van der Waals surface area contributed by atoms with Crippen LogP contribution in [0.15, 0.2) is 30.3 Å². The predicted molar refractivity (Wildman–Crippen MR) is 73.2 cm³/mol. The minimum Gasteiger partial charge on any atom is -0.379 e. The molecule has 1 aliphatic rings. The summed E-state index contributed by atoms with van der Waals surface area (Å²) in [6.07, 6.45) is 3.34. The third kappa shape index (κ3) is 5.01. The van der Waals surface area contributed by atoms with Gasteiger partial charge >= 0.3 is 0 Å². The first kappa shape index (κ1) is 14.0. The minimum absolute atomic E-state index is 0.0280. The van der Waals surface area contributed by atoms with Gasteiger partial charge in [0.05, 0.1) is 12.7 Å². The van der Waals surface area contributed by atoms with E-state index in [1.54, 1.807) is 0 Å². The molecule has 0 bridgehead atoms. The van der Waals surface area contributed by atoms with Crippen LogP contribution in [-0.4, -0.2) is 38.4 Å². The van der Waals surface area contributed by atoms with Crippen molar-refractivity contribution in [3.63, 3.8) is 0 Å². The first-order valence-corrected chi connectivity index (χ1v) is 6.89. The van der Waals surface area contributed by atoms with Gasteiger partial charge in [-0.15, -0.1) is 0 Å². The normalized spacial score (nSPS) is 18.4. The maximum absolute atomic E-state index is 11.7. The Balaban J connectivity index is 1.51.